The van der Waals surface area contributed by atoms with E-state index in [-0.39, 0.29) is 17.2 Å². The second-order valence-corrected chi connectivity index (χ2v) is 4.24. The van der Waals surface area contributed by atoms with Gasteiger partial charge in [0.1, 0.15) is 11.4 Å². The monoisotopic (exact) mass is 296 g/mol. The van der Waals surface area contributed by atoms with Gasteiger partial charge in [-0.2, -0.15) is 13.2 Å². The SMILES string of the molecule is CC(=O)c1ncccc1-c1ccc(OCC(F)(F)F)cn1. The Balaban J connectivity index is 2.22. The van der Waals surface area contributed by atoms with E-state index in [1.807, 2.05) is 0 Å². The number of alkyl halides is 3. The summed E-state index contributed by atoms with van der Waals surface area (Å²) in [6.45, 7) is 0.00621. The topological polar surface area (TPSA) is 52.1 Å². The normalized spacial score (nSPS) is 11.2. The highest BCUT2D eigenvalue weighted by atomic mass is 19.4. The Labute approximate surface area is 118 Å². The van der Waals surface area contributed by atoms with E-state index >= 15 is 0 Å². The summed E-state index contributed by atoms with van der Waals surface area (Å²) in [6, 6.07) is 6.17. The molecule has 2 aromatic rings. The lowest BCUT2D eigenvalue weighted by molar-refractivity contribution is -0.153. The van der Waals surface area contributed by atoms with E-state index in [4.69, 9.17) is 0 Å². The van der Waals surface area contributed by atoms with Crippen LogP contribution in [0.25, 0.3) is 11.3 Å². The molecular formula is C14H11F3N2O2. The minimum atomic E-state index is -4.40. The Hall–Kier alpha value is -2.44. The van der Waals surface area contributed by atoms with Crippen LogP contribution in [0.1, 0.15) is 17.4 Å². The van der Waals surface area contributed by atoms with Crippen molar-refractivity contribution < 1.29 is 22.7 Å². The Morgan fingerprint density at radius 2 is 2.00 bits per heavy atom. The Morgan fingerprint density at radius 3 is 2.57 bits per heavy atom. The maximum Gasteiger partial charge on any atom is 0.422 e. The van der Waals surface area contributed by atoms with Crippen molar-refractivity contribution in [2.75, 3.05) is 6.61 Å². The second kappa shape index (κ2) is 5.90. The van der Waals surface area contributed by atoms with Gasteiger partial charge in [0.25, 0.3) is 0 Å². The van der Waals surface area contributed by atoms with Gasteiger partial charge in [0.05, 0.1) is 11.9 Å². The zero-order chi connectivity index (χ0) is 15.5. The lowest BCUT2D eigenvalue weighted by Gasteiger charge is -2.09. The Bertz CT molecular complexity index is 639. The van der Waals surface area contributed by atoms with Crippen LogP contribution in [0, 0.1) is 0 Å². The highest BCUT2D eigenvalue weighted by Gasteiger charge is 2.28. The molecule has 2 heterocycles. The van der Waals surface area contributed by atoms with Crippen LogP contribution in [0.4, 0.5) is 13.2 Å². The number of Topliss-reactive ketones (excluding diaryl/α,β-unsaturated/α-hetero) is 1. The van der Waals surface area contributed by atoms with Crippen molar-refractivity contribution in [3.05, 3.63) is 42.4 Å². The molecule has 4 nitrogen and oxygen atoms in total. The molecule has 0 aliphatic rings. The molecule has 0 bridgehead atoms. The number of pyridine rings is 2. The zero-order valence-corrected chi connectivity index (χ0v) is 11.0. The lowest BCUT2D eigenvalue weighted by Crippen LogP contribution is -2.19. The van der Waals surface area contributed by atoms with Crippen molar-refractivity contribution in [2.45, 2.75) is 13.1 Å². The van der Waals surface area contributed by atoms with Crippen LogP contribution in [-0.2, 0) is 0 Å². The average molecular weight is 296 g/mol. The van der Waals surface area contributed by atoms with Gasteiger partial charge in [0, 0.05) is 18.7 Å². The van der Waals surface area contributed by atoms with Gasteiger partial charge in [-0.3, -0.25) is 14.8 Å². The summed E-state index contributed by atoms with van der Waals surface area (Å²) in [5.41, 5.74) is 1.22. The fourth-order valence-corrected chi connectivity index (χ4v) is 1.68. The average Bonchev–Trinajstić information content (AvgIpc) is 2.45. The van der Waals surface area contributed by atoms with Crippen molar-refractivity contribution in [1.82, 2.24) is 9.97 Å². The molecule has 0 radical (unpaired) electrons. The van der Waals surface area contributed by atoms with Crippen LogP contribution in [0.15, 0.2) is 36.7 Å². The maximum absolute atomic E-state index is 12.0. The molecule has 0 saturated heterocycles. The quantitative estimate of drug-likeness (QED) is 0.812. The van der Waals surface area contributed by atoms with Crippen LogP contribution >= 0.6 is 0 Å². The van der Waals surface area contributed by atoms with Gasteiger partial charge in [-0.15, -0.1) is 0 Å². The van der Waals surface area contributed by atoms with Crippen molar-refractivity contribution >= 4 is 5.78 Å². The number of nitrogens with zero attached hydrogens (tertiary/aromatic N) is 2. The summed E-state index contributed by atoms with van der Waals surface area (Å²) in [4.78, 5) is 19.5. The van der Waals surface area contributed by atoms with E-state index < -0.39 is 12.8 Å². The number of carbonyl (C=O) groups excluding carboxylic acids is 1. The van der Waals surface area contributed by atoms with Crippen LogP contribution in [0.5, 0.6) is 5.75 Å². The third-order valence-electron chi connectivity index (χ3n) is 2.56. The Kier molecular flexibility index (Phi) is 4.21. The molecule has 0 spiro atoms. The minimum absolute atomic E-state index is 0.00402. The molecule has 7 heteroatoms. The third-order valence-corrected chi connectivity index (χ3v) is 2.56. The first-order chi connectivity index (χ1) is 9.87. The smallest absolute Gasteiger partial charge is 0.422 e. The molecule has 0 unspecified atom stereocenters. The number of hydrogen-bond acceptors (Lipinski definition) is 4. The summed E-state index contributed by atoms with van der Waals surface area (Å²) in [5, 5.41) is 0. The molecule has 0 aliphatic heterocycles. The van der Waals surface area contributed by atoms with Crippen molar-refractivity contribution in [3.8, 4) is 17.0 Å². The molecule has 0 aromatic carbocycles. The Morgan fingerprint density at radius 1 is 1.24 bits per heavy atom. The van der Waals surface area contributed by atoms with Gasteiger partial charge in [-0.05, 0) is 24.3 Å². The van der Waals surface area contributed by atoms with E-state index in [0.717, 1.165) is 0 Å². The number of rotatable bonds is 4. The second-order valence-electron chi connectivity index (χ2n) is 4.24. The summed E-state index contributed by atoms with van der Waals surface area (Å²) < 4.78 is 40.7. The first kappa shape index (κ1) is 15.0. The van der Waals surface area contributed by atoms with E-state index in [1.165, 1.54) is 31.5 Å². The van der Waals surface area contributed by atoms with E-state index in [9.17, 15) is 18.0 Å². The molecule has 0 aliphatic carbocycles. The van der Waals surface area contributed by atoms with Gasteiger partial charge >= 0.3 is 6.18 Å². The molecule has 110 valence electrons. The largest absolute Gasteiger partial charge is 0.483 e. The number of ketones is 1. The number of aromatic nitrogens is 2. The fraction of sp³-hybridized carbons (Fsp3) is 0.214. The third kappa shape index (κ3) is 4.01. The van der Waals surface area contributed by atoms with Gasteiger partial charge in [-0.1, -0.05) is 0 Å². The maximum atomic E-state index is 12.0. The van der Waals surface area contributed by atoms with Crippen LogP contribution in [0.2, 0.25) is 0 Å². The molecule has 2 rings (SSSR count). The first-order valence-electron chi connectivity index (χ1n) is 5.99. The number of hydrogen-bond donors (Lipinski definition) is 0. The zero-order valence-electron chi connectivity index (χ0n) is 11.0. The van der Waals surface area contributed by atoms with Crippen molar-refractivity contribution in [1.29, 1.82) is 0 Å². The molecule has 2 aromatic heterocycles. The van der Waals surface area contributed by atoms with Crippen LogP contribution in [0.3, 0.4) is 0 Å². The molecule has 0 fully saturated rings. The van der Waals surface area contributed by atoms with Crippen molar-refractivity contribution in [3.63, 3.8) is 0 Å². The fourth-order valence-electron chi connectivity index (χ4n) is 1.68. The number of ether oxygens (including phenoxy) is 1. The predicted octanol–water partition coefficient (Wildman–Crippen LogP) is 3.29. The summed E-state index contributed by atoms with van der Waals surface area (Å²) >= 11 is 0. The minimum Gasteiger partial charge on any atom is -0.483 e. The first-order valence-corrected chi connectivity index (χ1v) is 5.99. The molecular weight excluding hydrogens is 285 g/mol. The molecule has 21 heavy (non-hydrogen) atoms. The van der Waals surface area contributed by atoms with E-state index in [1.54, 1.807) is 12.1 Å². The van der Waals surface area contributed by atoms with E-state index in [0.29, 0.717) is 11.3 Å². The van der Waals surface area contributed by atoms with Crippen molar-refractivity contribution in [2.24, 2.45) is 0 Å². The van der Waals surface area contributed by atoms with Gasteiger partial charge < -0.3 is 4.74 Å². The standard InChI is InChI=1S/C14H11F3N2O2/c1-9(20)13-11(3-2-6-18-13)12-5-4-10(7-19-12)21-8-14(15,16)17/h2-7H,8H2,1H3. The molecule has 0 amide bonds. The molecule has 0 N–H and O–H groups in total. The lowest BCUT2D eigenvalue weighted by atomic mass is 10.1. The van der Waals surface area contributed by atoms with E-state index in [2.05, 4.69) is 14.7 Å². The number of halogens is 3. The molecule has 0 saturated carbocycles. The summed E-state index contributed by atoms with van der Waals surface area (Å²) in [7, 11) is 0. The summed E-state index contributed by atoms with van der Waals surface area (Å²) in [5.74, 6) is -0.214. The van der Waals surface area contributed by atoms with Gasteiger partial charge in [-0.25, -0.2) is 0 Å². The van der Waals surface area contributed by atoms with Gasteiger partial charge in [0.15, 0.2) is 12.4 Å². The highest BCUT2D eigenvalue weighted by Crippen LogP contribution is 2.23. The predicted molar refractivity (Wildman–Crippen MR) is 69.0 cm³/mol. The molecule has 0 atom stereocenters. The van der Waals surface area contributed by atoms with Gasteiger partial charge in [0.2, 0.25) is 0 Å². The van der Waals surface area contributed by atoms with Crippen LogP contribution in [-0.4, -0.2) is 28.5 Å². The highest BCUT2D eigenvalue weighted by molar-refractivity contribution is 5.98. The number of carbonyl (C=O) groups is 1. The summed E-state index contributed by atoms with van der Waals surface area (Å²) in [6.07, 6.45) is -1.73. The van der Waals surface area contributed by atoms with Crippen LogP contribution < -0.4 is 4.74 Å².